The fourth-order valence-electron chi connectivity index (χ4n) is 1.43. The van der Waals surface area contributed by atoms with Crippen molar-refractivity contribution in [1.82, 2.24) is 15.1 Å². The Labute approximate surface area is 93.7 Å². The van der Waals surface area contributed by atoms with Gasteiger partial charge < -0.3 is 10.3 Å². The number of aromatic nitrogens is 3. The highest BCUT2D eigenvalue weighted by atomic mass is 16.5. The largest absolute Gasteiger partial charge is 0.339 e. The van der Waals surface area contributed by atoms with Crippen LogP contribution in [0.4, 0.5) is 0 Å². The van der Waals surface area contributed by atoms with Crippen molar-refractivity contribution in [2.45, 2.75) is 26.3 Å². The normalized spacial score (nSPS) is 12.7. The third-order valence-corrected chi connectivity index (χ3v) is 2.19. The molecule has 2 heterocycles. The summed E-state index contributed by atoms with van der Waals surface area (Å²) >= 11 is 0. The van der Waals surface area contributed by atoms with Crippen molar-refractivity contribution in [3.63, 3.8) is 0 Å². The number of nitrogens with two attached hydrogens (primary N) is 1. The highest BCUT2D eigenvalue weighted by Gasteiger charge is 2.12. The maximum absolute atomic E-state index is 5.66. The van der Waals surface area contributed by atoms with Gasteiger partial charge in [-0.2, -0.15) is 4.98 Å². The van der Waals surface area contributed by atoms with E-state index >= 15 is 0 Å². The monoisotopic (exact) mass is 218 g/mol. The van der Waals surface area contributed by atoms with Gasteiger partial charge in [-0.3, -0.25) is 4.98 Å². The van der Waals surface area contributed by atoms with Gasteiger partial charge in [0.05, 0.1) is 0 Å². The Morgan fingerprint density at radius 2 is 2.31 bits per heavy atom. The van der Waals surface area contributed by atoms with Crippen molar-refractivity contribution in [2.75, 3.05) is 0 Å². The maximum atomic E-state index is 5.66. The molecule has 0 radical (unpaired) electrons. The SMILES string of the molecule is Cc1cccnc1-c1noc(CC(C)N)n1. The topological polar surface area (TPSA) is 77.8 Å². The number of pyridine rings is 1. The van der Waals surface area contributed by atoms with E-state index in [4.69, 9.17) is 10.3 Å². The van der Waals surface area contributed by atoms with Crippen LogP contribution >= 0.6 is 0 Å². The Morgan fingerprint density at radius 3 is 3.00 bits per heavy atom. The van der Waals surface area contributed by atoms with Gasteiger partial charge in [0.15, 0.2) is 0 Å². The lowest BCUT2D eigenvalue weighted by Crippen LogP contribution is -2.17. The van der Waals surface area contributed by atoms with Gasteiger partial charge in [-0.15, -0.1) is 0 Å². The van der Waals surface area contributed by atoms with E-state index in [0.29, 0.717) is 18.1 Å². The van der Waals surface area contributed by atoms with Crippen LogP contribution in [0.15, 0.2) is 22.9 Å². The second-order valence-electron chi connectivity index (χ2n) is 3.86. The van der Waals surface area contributed by atoms with Crippen LogP contribution in [0.25, 0.3) is 11.5 Å². The van der Waals surface area contributed by atoms with Gasteiger partial charge in [-0.1, -0.05) is 11.2 Å². The first kappa shape index (κ1) is 10.8. The second kappa shape index (κ2) is 4.40. The molecule has 0 bridgehead atoms. The van der Waals surface area contributed by atoms with E-state index in [1.165, 1.54) is 0 Å². The van der Waals surface area contributed by atoms with Gasteiger partial charge in [-0.25, -0.2) is 0 Å². The summed E-state index contributed by atoms with van der Waals surface area (Å²) in [5.74, 6) is 1.07. The van der Waals surface area contributed by atoms with Crippen molar-refractivity contribution < 1.29 is 4.52 Å². The molecule has 1 atom stereocenters. The Kier molecular flexibility index (Phi) is 2.96. The quantitative estimate of drug-likeness (QED) is 0.840. The minimum atomic E-state index is 0.0122. The van der Waals surface area contributed by atoms with Gasteiger partial charge in [0.1, 0.15) is 5.69 Å². The summed E-state index contributed by atoms with van der Waals surface area (Å²) in [6.07, 6.45) is 2.29. The van der Waals surface area contributed by atoms with E-state index in [2.05, 4.69) is 15.1 Å². The molecule has 0 aromatic carbocycles. The van der Waals surface area contributed by atoms with Gasteiger partial charge in [-0.05, 0) is 25.5 Å². The Balaban J connectivity index is 2.28. The van der Waals surface area contributed by atoms with Crippen molar-refractivity contribution in [3.05, 3.63) is 29.8 Å². The smallest absolute Gasteiger partial charge is 0.228 e. The molecule has 2 aromatic heterocycles. The fraction of sp³-hybridized carbons (Fsp3) is 0.364. The number of rotatable bonds is 3. The van der Waals surface area contributed by atoms with Gasteiger partial charge in [0, 0.05) is 18.7 Å². The van der Waals surface area contributed by atoms with Crippen molar-refractivity contribution >= 4 is 0 Å². The molecule has 0 spiro atoms. The van der Waals surface area contributed by atoms with Crippen molar-refractivity contribution in [2.24, 2.45) is 5.73 Å². The number of nitrogens with zero attached hydrogens (tertiary/aromatic N) is 3. The summed E-state index contributed by atoms with van der Waals surface area (Å²) in [5, 5.41) is 3.90. The zero-order valence-electron chi connectivity index (χ0n) is 9.34. The average Bonchev–Trinajstić information content (AvgIpc) is 2.66. The lowest BCUT2D eigenvalue weighted by atomic mass is 10.2. The van der Waals surface area contributed by atoms with Crippen LogP contribution in [0.3, 0.4) is 0 Å². The molecule has 0 saturated carbocycles. The third kappa shape index (κ3) is 2.25. The first-order chi connectivity index (χ1) is 7.66. The predicted molar refractivity (Wildman–Crippen MR) is 59.6 cm³/mol. The molecule has 2 N–H and O–H groups in total. The second-order valence-corrected chi connectivity index (χ2v) is 3.86. The molecule has 0 aliphatic rings. The lowest BCUT2D eigenvalue weighted by molar-refractivity contribution is 0.372. The molecule has 2 aromatic rings. The molecular formula is C11H14N4O. The van der Waals surface area contributed by atoms with Crippen molar-refractivity contribution in [3.8, 4) is 11.5 Å². The van der Waals surface area contributed by atoms with Crippen LogP contribution in [0.2, 0.25) is 0 Å². The third-order valence-electron chi connectivity index (χ3n) is 2.19. The predicted octanol–water partition coefficient (Wildman–Crippen LogP) is 1.33. The Morgan fingerprint density at radius 1 is 1.50 bits per heavy atom. The van der Waals surface area contributed by atoms with Gasteiger partial charge in [0.25, 0.3) is 0 Å². The van der Waals surface area contributed by atoms with Crippen LogP contribution < -0.4 is 5.73 Å². The van der Waals surface area contributed by atoms with E-state index in [0.717, 1.165) is 11.3 Å². The van der Waals surface area contributed by atoms with E-state index in [1.807, 2.05) is 26.0 Å². The number of hydrogen-bond acceptors (Lipinski definition) is 5. The number of aryl methyl sites for hydroxylation is 1. The van der Waals surface area contributed by atoms with Gasteiger partial charge in [0.2, 0.25) is 11.7 Å². The molecule has 16 heavy (non-hydrogen) atoms. The van der Waals surface area contributed by atoms with Crippen LogP contribution in [0.5, 0.6) is 0 Å². The molecule has 0 amide bonds. The summed E-state index contributed by atoms with van der Waals surface area (Å²) in [5.41, 5.74) is 7.43. The van der Waals surface area contributed by atoms with E-state index in [-0.39, 0.29) is 6.04 Å². The summed E-state index contributed by atoms with van der Waals surface area (Å²) < 4.78 is 5.10. The van der Waals surface area contributed by atoms with E-state index < -0.39 is 0 Å². The van der Waals surface area contributed by atoms with Crippen LogP contribution in [-0.2, 0) is 6.42 Å². The van der Waals surface area contributed by atoms with Crippen LogP contribution in [0.1, 0.15) is 18.4 Å². The molecule has 0 fully saturated rings. The summed E-state index contributed by atoms with van der Waals surface area (Å²) in [6.45, 7) is 3.86. The molecule has 84 valence electrons. The molecule has 5 nitrogen and oxygen atoms in total. The molecule has 0 aliphatic carbocycles. The standard InChI is InChI=1S/C11H14N4O/c1-7-4-3-5-13-10(7)11-14-9(16-15-11)6-8(2)12/h3-5,8H,6,12H2,1-2H3. The number of hydrogen-bond donors (Lipinski definition) is 1. The average molecular weight is 218 g/mol. The minimum absolute atomic E-state index is 0.0122. The van der Waals surface area contributed by atoms with E-state index in [9.17, 15) is 0 Å². The molecule has 0 aliphatic heterocycles. The first-order valence-electron chi connectivity index (χ1n) is 5.17. The molecule has 1 unspecified atom stereocenters. The zero-order valence-corrected chi connectivity index (χ0v) is 9.34. The summed E-state index contributed by atoms with van der Waals surface area (Å²) in [6, 6.07) is 3.85. The van der Waals surface area contributed by atoms with Gasteiger partial charge >= 0.3 is 0 Å². The lowest BCUT2D eigenvalue weighted by Gasteiger charge is -1.98. The highest BCUT2D eigenvalue weighted by Crippen LogP contribution is 2.17. The fourth-order valence-corrected chi connectivity index (χ4v) is 1.43. The van der Waals surface area contributed by atoms with Crippen LogP contribution in [-0.4, -0.2) is 21.2 Å². The molecule has 0 saturated heterocycles. The Hall–Kier alpha value is -1.75. The molecular weight excluding hydrogens is 204 g/mol. The molecule has 5 heteroatoms. The minimum Gasteiger partial charge on any atom is -0.339 e. The Bertz CT molecular complexity index is 478. The summed E-state index contributed by atoms with van der Waals surface area (Å²) in [7, 11) is 0. The highest BCUT2D eigenvalue weighted by molar-refractivity contribution is 5.53. The first-order valence-corrected chi connectivity index (χ1v) is 5.17. The zero-order chi connectivity index (χ0) is 11.5. The van der Waals surface area contributed by atoms with E-state index in [1.54, 1.807) is 6.20 Å². The van der Waals surface area contributed by atoms with Crippen LogP contribution in [0, 0.1) is 6.92 Å². The maximum Gasteiger partial charge on any atom is 0.228 e. The summed E-state index contributed by atoms with van der Waals surface area (Å²) in [4.78, 5) is 8.49. The van der Waals surface area contributed by atoms with Crippen molar-refractivity contribution in [1.29, 1.82) is 0 Å². The molecule has 2 rings (SSSR count).